The second-order valence-corrected chi connectivity index (χ2v) is 7.50. The van der Waals surface area contributed by atoms with E-state index in [9.17, 15) is 4.79 Å². The molecule has 1 saturated heterocycles. The smallest absolute Gasteiger partial charge is 0.403 e. The van der Waals surface area contributed by atoms with E-state index in [1.54, 1.807) is 0 Å². The molecule has 1 atom stereocenters. The van der Waals surface area contributed by atoms with Gasteiger partial charge in [0.05, 0.1) is 11.2 Å². The molecule has 24 heavy (non-hydrogen) atoms. The predicted octanol–water partition coefficient (Wildman–Crippen LogP) is 3.51. The standard InChI is InChI=1S/C19H28BNO3/c1-14(17(21)22)16(13-9-12-15-10-7-6-8-11-15)20-23-18(2,3)19(4,5)24-20/h6-8,10-11,16H,1,9,12-13H2,2-5H3,(H2,21,22)/t16-/m1/s1. The van der Waals surface area contributed by atoms with Gasteiger partial charge in [-0.05, 0) is 52.5 Å². The Morgan fingerprint density at radius 1 is 1.17 bits per heavy atom. The molecule has 5 heteroatoms. The summed E-state index contributed by atoms with van der Waals surface area (Å²) in [6.07, 6.45) is 2.58. The van der Waals surface area contributed by atoms with Gasteiger partial charge in [0.15, 0.2) is 0 Å². The Hall–Kier alpha value is -1.59. The lowest BCUT2D eigenvalue weighted by molar-refractivity contribution is -0.114. The van der Waals surface area contributed by atoms with Crippen molar-refractivity contribution in [3.05, 3.63) is 48.0 Å². The van der Waals surface area contributed by atoms with E-state index >= 15 is 0 Å². The van der Waals surface area contributed by atoms with Crippen molar-refractivity contribution in [1.82, 2.24) is 0 Å². The highest BCUT2D eigenvalue weighted by molar-refractivity contribution is 6.49. The number of hydrogen-bond acceptors (Lipinski definition) is 3. The number of carbonyl (C=O) groups excluding carboxylic acids is 1. The molecule has 1 amide bonds. The first kappa shape index (κ1) is 18.7. The molecule has 1 aliphatic rings. The minimum Gasteiger partial charge on any atom is -0.403 e. The summed E-state index contributed by atoms with van der Waals surface area (Å²) in [6, 6.07) is 10.3. The Morgan fingerprint density at radius 2 is 1.71 bits per heavy atom. The zero-order valence-corrected chi connectivity index (χ0v) is 15.2. The van der Waals surface area contributed by atoms with Crippen LogP contribution in [0.4, 0.5) is 0 Å². The number of rotatable bonds is 7. The molecule has 1 aliphatic heterocycles. The molecule has 0 aromatic heterocycles. The van der Waals surface area contributed by atoms with E-state index in [1.165, 1.54) is 5.56 Å². The van der Waals surface area contributed by atoms with Gasteiger partial charge in [0.25, 0.3) is 0 Å². The van der Waals surface area contributed by atoms with Crippen LogP contribution in [-0.4, -0.2) is 24.2 Å². The number of nitrogens with two attached hydrogens (primary N) is 1. The lowest BCUT2D eigenvalue weighted by atomic mass is 9.65. The van der Waals surface area contributed by atoms with Crippen molar-refractivity contribution in [3.63, 3.8) is 0 Å². The highest BCUT2D eigenvalue weighted by atomic mass is 16.7. The van der Waals surface area contributed by atoms with Crippen LogP contribution in [0.5, 0.6) is 0 Å². The molecule has 130 valence electrons. The molecule has 2 rings (SSSR count). The maximum Gasteiger partial charge on any atom is 0.466 e. The molecule has 0 bridgehead atoms. The first-order valence-corrected chi connectivity index (χ1v) is 8.52. The second kappa shape index (κ2) is 7.12. The second-order valence-electron chi connectivity index (χ2n) is 7.50. The van der Waals surface area contributed by atoms with Crippen LogP contribution >= 0.6 is 0 Å². The van der Waals surface area contributed by atoms with Crippen molar-refractivity contribution in [3.8, 4) is 0 Å². The fraction of sp³-hybridized carbons (Fsp3) is 0.526. The predicted molar refractivity (Wildman–Crippen MR) is 97.5 cm³/mol. The summed E-state index contributed by atoms with van der Waals surface area (Å²) in [6.45, 7) is 11.9. The van der Waals surface area contributed by atoms with Crippen LogP contribution in [0.25, 0.3) is 0 Å². The molecule has 0 unspecified atom stereocenters. The maximum absolute atomic E-state index is 11.7. The van der Waals surface area contributed by atoms with E-state index in [0.717, 1.165) is 19.3 Å². The van der Waals surface area contributed by atoms with Gasteiger partial charge in [0.2, 0.25) is 5.91 Å². The van der Waals surface area contributed by atoms with Crippen LogP contribution in [0, 0.1) is 0 Å². The van der Waals surface area contributed by atoms with Crippen molar-refractivity contribution >= 4 is 13.0 Å². The first-order valence-electron chi connectivity index (χ1n) is 8.52. The van der Waals surface area contributed by atoms with E-state index in [-0.39, 0.29) is 5.82 Å². The summed E-state index contributed by atoms with van der Waals surface area (Å²) >= 11 is 0. The van der Waals surface area contributed by atoms with E-state index in [1.807, 2.05) is 45.9 Å². The van der Waals surface area contributed by atoms with Gasteiger partial charge in [0.1, 0.15) is 0 Å². The highest BCUT2D eigenvalue weighted by Gasteiger charge is 2.54. The molecule has 0 saturated carbocycles. The molecular formula is C19H28BNO3. The van der Waals surface area contributed by atoms with E-state index in [2.05, 4.69) is 18.7 Å². The van der Waals surface area contributed by atoms with Crippen molar-refractivity contribution < 1.29 is 14.1 Å². The third-order valence-corrected chi connectivity index (χ3v) is 5.19. The molecule has 0 spiro atoms. The van der Waals surface area contributed by atoms with Crippen molar-refractivity contribution in [2.45, 2.75) is 64.0 Å². The van der Waals surface area contributed by atoms with Gasteiger partial charge in [-0.15, -0.1) is 0 Å². The molecule has 1 aromatic rings. The summed E-state index contributed by atoms with van der Waals surface area (Å²) in [5.74, 6) is -0.721. The van der Waals surface area contributed by atoms with Gasteiger partial charge in [-0.1, -0.05) is 36.9 Å². The van der Waals surface area contributed by atoms with E-state index < -0.39 is 24.2 Å². The molecule has 1 fully saturated rings. The molecule has 1 aromatic carbocycles. The third kappa shape index (κ3) is 4.08. The quantitative estimate of drug-likeness (QED) is 0.615. The van der Waals surface area contributed by atoms with Crippen LogP contribution in [-0.2, 0) is 20.5 Å². The Balaban J connectivity index is 2.06. The Bertz CT molecular complexity index is 582. The molecule has 4 nitrogen and oxygen atoms in total. The number of benzene rings is 1. The first-order chi connectivity index (χ1) is 11.1. The fourth-order valence-electron chi connectivity index (χ4n) is 2.88. The van der Waals surface area contributed by atoms with Gasteiger partial charge in [0, 0.05) is 11.4 Å². The number of amides is 1. The van der Waals surface area contributed by atoms with Gasteiger partial charge < -0.3 is 15.0 Å². The SMILES string of the molecule is C=C(C(N)=O)[C@@H](CCCc1ccccc1)B1OC(C)(C)C(C)(C)O1. The Kier molecular flexibility index (Phi) is 5.56. The summed E-state index contributed by atoms with van der Waals surface area (Å²) in [5, 5.41) is 0. The summed E-state index contributed by atoms with van der Waals surface area (Å²) < 4.78 is 12.2. The number of hydrogen-bond donors (Lipinski definition) is 1. The van der Waals surface area contributed by atoms with Crippen LogP contribution in [0.2, 0.25) is 5.82 Å². The lowest BCUT2D eigenvalue weighted by Gasteiger charge is -2.32. The highest BCUT2D eigenvalue weighted by Crippen LogP contribution is 2.43. The topological polar surface area (TPSA) is 61.6 Å². The largest absolute Gasteiger partial charge is 0.466 e. The van der Waals surface area contributed by atoms with Crippen LogP contribution in [0.3, 0.4) is 0 Å². The number of carbonyl (C=O) groups is 1. The molecular weight excluding hydrogens is 301 g/mol. The van der Waals surface area contributed by atoms with Gasteiger partial charge >= 0.3 is 7.12 Å². The molecule has 0 aliphatic carbocycles. The number of aryl methyl sites for hydroxylation is 1. The monoisotopic (exact) mass is 329 g/mol. The Morgan fingerprint density at radius 3 is 2.21 bits per heavy atom. The number of primary amides is 1. The maximum atomic E-state index is 11.7. The fourth-order valence-corrected chi connectivity index (χ4v) is 2.88. The zero-order valence-electron chi connectivity index (χ0n) is 15.2. The van der Waals surface area contributed by atoms with Crippen LogP contribution in [0.1, 0.15) is 46.1 Å². The van der Waals surface area contributed by atoms with E-state index in [0.29, 0.717) is 5.57 Å². The van der Waals surface area contributed by atoms with Gasteiger partial charge in [-0.2, -0.15) is 0 Å². The van der Waals surface area contributed by atoms with Crippen molar-refractivity contribution in [2.24, 2.45) is 5.73 Å². The minimum absolute atomic E-state index is 0.229. The van der Waals surface area contributed by atoms with Gasteiger partial charge in [-0.3, -0.25) is 4.79 Å². The summed E-state index contributed by atoms with van der Waals surface area (Å²) in [5.41, 5.74) is 6.25. The average molecular weight is 329 g/mol. The minimum atomic E-state index is -0.495. The van der Waals surface area contributed by atoms with Crippen LogP contribution < -0.4 is 5.73 Å². The van der Waals surface area contributed by atoms with Crippen molar-refractivity contribution in [1.29, 1.82) is 0 Å². The molecule has 1 heterocycles. The average Bonchev–Trinajstić information content (AvgIpc) is 2.72. The van der Waals surface area contributed by atoms with Gasteiger partial charge in [-0.25, -0.2) is 0 Å². The molecule has 2 N–H and O–H groups in total. The normalized spacial score (nSPS) is 19.9. The van der Waals surface area contributed by atoms with E-state index in [4.69, 9.17) is 15.0 Å². The summed E-state index contributed by atoms with van der Waals surface area (Å²) in [4.78, 5) is 11.7. The molecule has 0 radical (unpaired) electrons. The summed E-state index contributed by atoms with van der Waals surface area (Å²) in [7, 11) is -0.495. The zero-order chi connectivity index (χ0) is 18.0. The lowest BCUT2D eigenvalue weighted by Crippen LogP contribution is -2.41. The third-order valence-electron chi connectivity index (χ3n) is 5.19. The van der Waals surface area contributed by atoms with Crippen LogP contribution in [0.15, 0.2) is 42.5 Å². The van der Waals surface area contributed by atoms with Crippen molar-refractivity contribution in [2.75, 3.05) is 0 Å². The Labute approximate surface area is 145 Å².